The Labute approximate surface area is 89.8 Å². The molecule has 2 rings (SSSR count). The van der Waals surface area contributed by atoms with E-state index in [2.05, 4.69) is 55.8 Å². The zero-order valence-corrected chi connectivity index (χ0v) is 9.15. The maximum atomic E-state index is 3.60. The average Bonchev–Trinajstić information content (AvgIpc) is 2.69. The lowest BCUT2D eigenvalue weighted by atomic mass is 9.87. The third kappa shape index (κ3) is 2.06. The van der Waals surface area contributed by atoms with E-state index in [0.29, 0.717) is 0 Å². The molecule has 0 amide bonds. The van der Waals surface area contributed by atoms with Crippen molar-refractivity contribution in [2.75, 3.05) is 0 Å². The molecule has 0 aliphatic rings. The Morgan fingerprint density at radius 2 is 1.53 bits per heavy atom. The Balaban J connectivity index is 2.33. The molecule has 1 heterocycles. The highest BCUT2D eigenvalue weighted by Crippen LogP contribution is 2.22. The largest absolute Gasteiger partial charge is 0.270 e. The van der Waals surface area contributed by atoms with E-state index in [1.807, 2.05) is 12.1 Å². The molecule has 0 unspecified atom stereocenters. The van der Waals surface area contributed by atoms with Gasteiger partial charge < -0.3 is 0 Å². The predicted octanol–water partition coefficient (Wildman–Crippen LogP) is 2.17. The molecule has 0 saturated carbocycles. The Kier molecular flexibility index (Phi) is 2.31. The summed E-state index contributed by atoms with van der Waals surface area (Å²) in [5.74, 6) is 0. The third-order valence-electron chi connectivity index (χ3n) is 2.33. The second-order valence-corrected chi connectivity index (χ2v) is 4.53. The predicted molar refractivity (Wildman–Crippen MR) is 57.7 cm³/mol. The monoisotopic (exact) mass is 199 g/mol. The standard InChI is InChI=1S/C12H13N3/c1-12(2,3)10-4-6-11(7-5-10)15-8-13-14-9-15/h4-7H,1-3H3. The summed E-state index contributed by atoms with van der Waals surface area (Å²) in [7, 11) is 0. The summed E-state index contributed by atoms with van der Waals surface area (Å²) < 4.78 is 1.65. The van der Waals surface area contributed by atoms with Gasteiger partial charge in [-0.2, -0.15) is 0 Å². The Morgan fingerprint density at radius 3 is 2.00 bits per heavy atom. The maximum Gasteiger partial charge on any atom is 0.207 e. The van der Waals surface area contributed by atoms with Crippen molar-refractivity contribution in [2.24, 2.45) is 0 Å². The Bertz CT molecular complexity index is 421. The van der Waals surface area contributed by atoms with E-state index < -0.39 is 0 Å². The highest BCUT2D eigenvalue weighted by atomic mass is 15.2. The second-order valence-electron chi connectivity index (χ2n) is 4.53. The van der Waals surface area contributed by atoms with Crippen molar-refractivity contribution in [3.8, 4) is 5.69 Å². The molecular weight excluding hydrogens is 186 g/mol. The molecule has 2 aromatic rings. The van der Waals surface area contributed by atoms with Gasteiger partial charge in [0.1, 0.15) is 0 Å². The molecule has 1 aromatic carbocycles. The number of hydrogen-bond acceptors (Lipinski definition) is 2. The second kappa shape index (κ2) is 3.50. The topological polar surface area (TPSA) is 30.7 Å². The number of hydrogen-bond donors (Lipinski definition) is 0. The van der Waals surface area contributed by atoms with Crippen molar-refractivity contribution in [1.82, 2.24) is 14.8 Å². The van der Waals surface area contributed by atoms with E-state index in [4.69, 9.17) is 0 Å². The molecule has 0 N–H and O–H groups in total. The van der Waals surface area contributed by atoms with Crippen LogP contribution < -0.4 is 0 Å². The van der Waals surface area contributed by atoms with Gasteiger partial charge in [-0.1, -0.05) is 32.9 Å². The number of benzene rings is 1. The fourth-order valence-electron chi connectivity index (χ4n) is 1.38. The zero-order chi connectivity index (χ0) is 10.9. The van der Waals surface area contributed by atoms with Crippen LogP contribution in [-0.2, 0) is 5.41 Å². The molecule has 76 valence electrons. The number of rotatable bonds is 1. The van der Waals surface area contributed by atoms with Crippen LogP contribution >= 0.6 is 0 Å². The molecule has 2 radical (unpaired) electrons. The average molecular weight is 199 g/mol. The van der Waals surface area contributed by atoms with Crippen LogP contribution in [0.1, 0.15) is 26.3 Å². The van der Waals surface area contributed by atoms with E-state index in [1.165, 1.54) is 5.56 Å². The summed E-state index contributed by atoms with van der Waals surface area (Å²) in [5.41, 5.74) is 2.46. The Hall–Kier alpha value is -1.64. The van der Waals surface area contributed by atoms with Gasteiger partial charge in [0.2, 0.25) is 12.7 Å². The lowest BCUT2D eigenvalue weighted by Crippen LogP contribution is -2.10. The van der Waals surface area contributed by atoms with Crippen LogP contribution in [0.25, 0.3) is 5.69 Å². The van der Waals surface area contributed by atoms with Gasteiger partial charge in [0.15, 0.2) is 0 Å². The first-order chi connectivity index (χ1) is 7.07. The van der Waals surface area contributed by atoms with Crippen molar-refractivity contribution in [3.63, 3.8) is 0 Å². The summed E-state index contributed by atoms with van der Waals surface area (Å²) in [5, 5.41) is 7.20. The molecule has 0 spiro atoms. The van der Waals surface area contributed by atoms with Crippen molar-refractivity contribution < 1.29 is 0 Å². The molecule has 0 bridgehead atoms. The summed E-state index contributed by atoms with van der Waals surface area (Å²) in [6.45, 7) is 6.58. The summed E-state index contributed by atoms with van der Waals surface area (Å²) in [6.07, 6.45) is 5.42. The molecule has 0 fully saturated rings. The Morgan fingerprint density at radius 1 is 1.00 bits per heavy atom. The van der Waals surface area contributed by atoms with Crippen LogP contribution in [0.15, 0.2) is 24.3 Å². The van der Waals surface area contributed by atoms with E-state index in [0.717, 1.165) is 5.69 Å². The van der Waals surface area contributed by atoms with Crippen molar-refractivity contribution in [3.05, 3.63) is 42.5 Å². The SMILES string of the molecule is CC(C)(C)c1ccc(-n2[c]nn[c]2)cc1. The first-order valence-electron chi connectivity index (χ1n) is 4.89. The molecule has 0 saturated heterocycles. The lowest BCUT2D eigenvalue weighted by Gasteiger charge is -2.19. The highest BCUT2D eigenvalue weighted by Gasteiger charge is 2.12. The van der Waals surface area contributed by atoms with Crippen LogP contribution in [0.4, 0.5) is 0 Å². The van der Waals surface area contributed by atoms with E-state index >= 15 is 0 Å². The highest BCUT2D eigenvalue weighted by molar-refractivity contribution is 5.36. The number of aromatic nitrogens is 3. The first-order valence-corrected chi connectivity index (χ1v) is 4.89. The van der Waals surface area contributed by atoms with Crippen LogP contribution in [-0.4, -0.2) is 14.8 Å². The number of nitrogens with zero attached hydrogens (tertiary/aromatic N) is 3. The minimum atomic E-state index is 0.180. The molecule has 1 aromatic heterocycles. The van der Waals surface area contributed by atoms with Gasteiger partial charge >= 0.3 is 0 Å². The van der Waals surface area contributed by atoms with Crippen LogP contribution in [0.3, 0.4) is 0 Å². The first kappa shape index (κ1) is 9.90. The minimum absolute atomic E-state index is 0.180. The molecule has 0 aliphatic carbocycles. The van der Waals surface area contributed by atoms with Gasteiger partial charge in [-0.05, 0) is 23.1 Å². The van der Waals surface area contributed by atoms with Gasteiger partial charge in [0.05, 0.1) is 0 Å². The van der Waals surface area contributed by atoms with Gasteiger partial charge in [-0.3, -0.25) is 4.57 Å². The van der Waals surface area contributed by atoms with Gasteiger partial charge in [-0.15, -0.1) is 10.2 Å². The lowest BCUT2D eigenvalue weighted by molar-refractivity contribution is 0.590. The summed E-state index contributed by atoms with van der Waals surface area (Å²) in [6, 6.07) is 8.27. The van der Waals surface area contributed by atoms with E-state index in [9.17, 15) is 0 Å². The molecule has 3 nitrogen and oxygen atoms in total. The van der Waals surface area contributed by atoms with Crippen LogP contribution in [0.5, 0.6) is 0 Å². The molecule has 0 atom stereocenters. The van der Waals surface area contributed by atoms with E-state index in [1.54, 1.807) is 4.57 Å². The van der Waals surface area contributed by atoms with Crippen molar-refractivity contribution in [1.29, 1.82) is 0 Å². The van der Waals surface area contributed by atoms with E-state index in [-0.39, 0.29) is 5.41 Å². The van der Waals surface area contributed by atoms with Crippen molar-refractivity contribution >= 4 is 0 Å². The fourth-order valence-corrected chi connectivity index (χ4v) is 1.38. The minimum Gasteiger partial charge on any atom is -0.270 e. The van der Waals surface area contributed by atoms with Crippen LogP contribution in [0, 0.1) is 12.7 Å². The maximum absolute atomic E-state index is 3.60. The quantitative estimate of drug-likeness (QED) is 0.704. The normalized spacial score (nSPS) is 11.7. The smallest absolute Gasteiger partial charge is 0.207 e. The van der Waals surface area contributed by atoms with Gasteiger partial charge in [0, 0.05) is 5.69 Å². The van der Waals surface area contributed by atoms with Gasteiger partial charge in [0.25, 0.3) is 0 Å². The third-order valence-corrected chi connectivity index (χ3v) is 2.33. The molecule has 15 heavy (non-hydrogen) atoms. The molecule has 3 heteroatoms. The molecular formula is C12H13N3. The summed E-state index contributed by atoms with van der Waals surface area (Å²) >= 11 is 0. The van der Waals surface area contributed by atoms with Crippen molar-refractivity contribution in [2.45, 2.75) is 26.2 Å². The van der Waals surface area contributed by atoms with Gasteiger partial charge in [-0.25, -0.2) is 0 Å². The fraction of sp³-hybridized carbons (Fsp3) is 0.333. The zero-order valence-electron chi connectivity index (χ0n) is 9.15. The summed E-state index contributed by atoms with van der Waals surface area (Å²) in [4.78, 5) is 0. The molecule has 0 aliphatic heterocycles. The van der Waals surface area contributed by atoms with Crippen LogP contribution in [0.2, 0.25) is 0 Å².